The standard InChI is InChI=1S/C19H24S/c1-5-15-6-10-17(11-7-15)19(4,20)18-12-8-16(9-13-18)14(2)3/h6-14,20H,5H2,1-4H3. The molecule has 1 heteroatoms. The Morgan fingerprint density at radius 2 is 1.35 bits per heavy atom. The lowest BCUT2D eigenvalue weighted by Gasteiger charge is -2.25. The minimum atomic E-state index is -0.248. The predicted octanol–water partition coefficient (Wildman–Crippen LogP) is 5.57. The molecule has 0 bridgehead atoms. The van der Waals surface area contributed by atoms with Crippen LogP contribution in [0.15, 0.2) is 48.5 Å². The summed E-state index contributed by atoms with van der Waals surface area (Å²) in [6.07, 6.45) is 1.08. The summed E-state index contributed by atoms with van der Waals surface area (Å²) in [4.78, 5) is 0. The van der Waals surface area contributed by atoms with Crippen molar-refractivity contribution in [3.05, 3.63) is 70.8 Å². The minimum absolute atomic E-state index is 0.248. The molecule has 106 valence electrons. The molecule has 0 aliphatic carbocycles. The second-order valence-electron chi connectivity index (χ2n) is 5.90. The number of aryl methyl sites for hydroxylation is 1. The maximum atomic E-state index is 4.92. The van der Waals surface area contributed by atoms with E-state index in [0.717, 1.165) is 6.42 Å². The van der Waals surface area contributed by atoms with Gasteiger partial charge < -0.3 is 0 Å². The van der Waals surface area contributed by atoms with Crippen LogP contribution in [0.25, 0.3) is 0 Å². The summed E-state index contributed by atoms with van der Waals surface area (Å²) in [5, 5.41) is 0. The van der Waals surface area contributed by atoms with Gasteiger partial charge in [-0.2, -0.15) is 12.6 Å². The lowest BCUT2D eigenvalue weighted by Crippen LogP contribution is -2.15. The molecule has 20 heavy (non-hydrogen) atoms. The van der Waals surface area contributed by atoms with Gasteiger partial charge in [-0.05, 0) is 41.5 Å². The summed E-state index contributed by atoms with van der Waals surface area (Å²) < 4.78 is -0.248. The van der Waals surface area contributed by atoms with Crippen LogP contribution in [0.5, 0.6) is 0 Å². The SMILES string of the molecule is CCc1ccc(C(C)(S)c2ccc(C(C)C)cc2)cc1. The van der Waals surface area contributed by atoms with E-state index in [1.54, 1.807) is 0 Å². The summed E-state index contributed by atoms with van der Waals surface area (Å²) >= 11 is 4.92. The molecule has 0 saturated carbocycles. The highest BCUT2D eigenvalue weighted by Gasteiger charge is 2.24. The highest BCUT2D eigenvalue weighted by atomic mass is 32.1. The quantitative estimate of drug-likeness (QED) is 0.698. The van der Waals surface area contributed by atoms with Crippen LogP contribution >= 0.6 is 12.6 Å². The van der Waals surface area contributed by atoms with E-state index in [1.165, 1.54) is 22.3 Å². The zero-order chi connectivity index (χ0) is 14.8. The molecule has 2 aromatic rings. The third-order valence-electron chi connectivity index (χ3n) is 4.06. The Balaban J connectivity index is 2.32. The molecule has 0 aliphatic rings. The van der Waals surface area contributed by atoms with E-state index in [0.29, 0.717) is 5.92 Å². The van der Waals surface area contributed by atoms with Crippen LogP contribution in [-0.4, -0.2) is 0 Å². The van der Waals surface area contributed by atoms with Gasteiger partial charge in [-0.15, -0.1) is 0 Å². The van der Waals surface area contributed by atoms with E-state index < -0.39 is 0 Å². The Morgan fingerprint density at radius 3 is 1.75 bits per heavy atom. The van der Waals surface area contributed by atoms with Gasteiger partial charge in [-0.1, -0.05) is 69.3 Å². The third kappa shape index (κ3) is 3.09. The Labute approximate surface area is 128 Å². The second-order valence-corrected chi connectivity index (χ2v) is 6.79. The molecule has 0 radical (unpaired) electrons. The molecule has 1 atom stereocenters. The van der Waals surface area contributed by atoms with Gasteiger partial charge >= 0.3 is 0 Å². The molecule has 0 fully saturated rings. The monoisotopic (exact) mass is 284 g/mol. The van der Waals surface area contributed by atoms with Crippen LogP contribution in [0.3, 0.4) is 0 Å². The van der Waals surface area contributed by atoms with E-state index in [4.69, 9.17) is 12.6 Å². The van der Waals surface area contributed by atoms with Crippen LogP contribution in [-0.2, 0) is 11.2 Å². The Bertz CT molecular complexity index is 547. The molecule has 0 nitrogen and oxygen atoms in total. The summed E-state index contributed by atoms with van der Waals surface area (Å²) in [5.74, 6) is 0.569. The van der Waals surface area contributed by atoms with Gasteiger partial charge in [0.2, 0.25) is 0 Å². The predicted molar refractivity (Wildman–Crippen MR) is 91.8 cm³/mol. The molecule has 0 N–H and O–H groups in total. The molecule has 0 spiro atoms. The van der Waals surface area contributed by atoms with Crippen molar-refractivity contribution < 1.29 is 0 Å². The zero-order valence-corrected chi connectivity index (χ0v) is 13.7. The molecule has 0 aliphatic heterocycles. The van der Waals surface area contributed by atoms with Crippen LogP contribution < -0.4 is 0 Å². The second kappa shape index (κ2) is 6.05. The van der Waals surface area contributed by atoms with Gasteiger partial charge in [0.15, 0.2) is 0 Å². The van der Waals surface area contributed by atoms with Gasteiger partial charge in [-0.25, -0.2) is 0 Å². The average molecular weight is 284 g/mol. The Kier molecular flexibility index (Phi) is 4.59. The summed E-state index contributed by atoms with van der Waals surface area (Å²) in [7, 11) is 0. The number of hydrogen-bond acceptors (Lipinski definition) is 1. The highest BCUT2D eigenvalue weighted by molar-refractivity contribution is 7.81. The molecule has 2 aromatic carbocycles. The van der Waals surface area contributed by atoms with Crippen LogP contribution in [0, 0.1) is 0 Å². The van der Waals surface area contributed by atoms with E-state index >= 15 is 0 Å². The largest absolute Gasteiger partial charge is 0.163 e. The minimum Gasteiger partial charge on any atom is -0.163 e. The zero-order valence-electron chi connectivity index (χ0n) is 12.9. The van der Waals surface area contributed by atoms with Crippen molar-refractivity contribution in [3.63, 3.8) is 0 Å². The van der Waals surface area contributed by atoms with Crippen molar-refractivity contribution in [1.29, 1.82) is 0 Å². The fourth-order valence-electron chi connectivity index (χ4n) is 2.42. The molecular weight excluding hydrogens is 260 g/mol. The topological polar surface area (TPSA) is 0 Å². The van der Waals surface area contributed by atoms with Gasteiger partial charge in [0.25, 0.3) is 0 Å². The normalized spacial score (nSPS) is 14.3. The average Bonchev–Trinajstić information content (AvgIpc) is 2.47. The van der Waals surface area contributed by atoms with Crippen molar-refractivity contribution in [2.75, 3.05) is 0 Å². The molecule has 0 amide bonds. The first-order chi connectivity index (χ1) is 9.45. The highest BCUT2D eigenvalue weighted by Crippen LogP contribution is 2.36. The number of rotatable bonds is 4. The summed E-state index contributed by atoms with van der Waals surface area (Å²) in [6.45, 7) is 8.79. The fourth-order valence-corrected chi connectivity index (χ4v) is 2.72. The molecule has 1 unspecified atom stereocenters. The maximum absolute atomic E-state index is 4.92. The van der Waals surface area contributed by atoms with Gasteiger partial charge in [0.1, 0.15) is 0 Å². The molecule has 0 saturated heterocycles. The van der Waals surface area contributed by atoms with E-state index in [2.05, 4.69) is 76.2 Å². The van der Waals surface area contributed by atoms with Crippen LogP contribution in [0.1, 0.15) is 55.9 Å². The molecule has 0 heterocycles. The Morgan fingerprint density at radius 1 is 0.900 bits per heavy atom. The first-order valence-electron chi connectivity index (χ1n) is 7.37. The van der Waals surface area contributed by atoms with E-state index in [1.807, 2.05) is 0 Å². The first kappa shape index (κ1) is 15.2. The van der Waals surface area contributed by atoms with Crippen molar-refractivity contribution in [1.82, 2.24) is 0 Å². The van der Waals surface area contributed by atoms with Crippen molar-refractivity contribution in [3.8, 4) is 0 Å². The molecular formula is C19H24S. The van der Waals surface area contributed by atoms with Gasteiger partial charge in [0, 0.05) is 0 Å². The van der Waals surface area contributed by atoms with E-state index in [9.17, 15) is 0 Å². The smallest absolute Gasteiger partial charge is 0.0598 e. The Hall–Kier alpha value is -1.21. The number of hydrogen-bond donors (Lipinski definition) is 1. The first-order valence-corrected chi connectivity index (χ1v) is 7.82. The van der Waals surface area contributed by atoms with Crippen LogP contribution in [0.2, 0.25) is 0 Å². The number of benzene rings is 2. The number of thiol groups is 1. The fraction of sp³-hybridized carbons (Fsp3) is 0.368. The molecule has 2 rings (SSSR count). The molecule has 0 aromatic heterocycles. The van der Waals surface area contributed by atoms with Gasteiger partial charge in [0.05, 0.1) is 4.75 Å². The summed E-state index contributed by atoms with van der Waals surface area (Å²) in [5.41, 5.74) is 5.23. The van der Waals surface area contributed by atoms with Crippen molar-refractivity contribution in [2.24, 2.45) is 0 Å². The maximum Gasteiger partial charge on any atom is 0.0598 e. The van der Waals surface area contributed by atoms with E-state index in [-0.39, 0.29) is 4.75 Å². The lowest BCUT2D eigenvalue weighted by atomic mass is 9.89. The summed E-state index contributed by atoms with van der Waals surface area (Å²) in [6, 6.07) is 17.6. The van der Waals surface area contributed by atoms with Crippen molar-refractivity contribution in [2.45, 2.75) is 44.8 Å². The third-order valence-corrected chi connectivity index (χ3v) is 4.58. The van der Waals surface area contributed by atoms with Gasteiger partial charge in [-0.3, -0.25) is 0 Å². The lowest BCUT2D eigenvalue weighted by molar-refractivity contribution is 0.833. The van der Waals surface area contributed by atoms with Crippen LogP contribution in [0.4, 0.5) is 0 Å². The van der Waals surface area contributed by atoms with Crippen molar-refractivity contribution >= 4 is 12.6 Å².